The van der Waals surface area contributed by atoms with Crippen molar-refractivity contribution < 1.29 is 4.79 Å². The van der Waals surface area contributed by atoms with Crippen molar-refractivity contribution >= 4 is 27.5 Å². The molecule has 0 aliphatic heterocycles. The predicted octanol–water partition coefficient (Wildman–Crippen LogP) is 3.58. The molecule has 0 saturated heterocycles. The highest BCUT2D eigenvalue weighted by Crippen LogP contribution is 2.22. The number of hydrogen-bond donors (Lipinski definition) is 1. The highest BCUT2D eigenvalue weighted by Gasteiger charge is 2.15. The van der Waals surface area contributed by atoms with E-state index in [9.17, 15) is 4.79 Å². The van der Waals surface area contributed by atoms with Gasteiger partial charge in [0.15, 0.2) is 0 Å². The van der Waals surface area contributed by atoms with Crippen LogP contribution in [-0.2, 0) is 4.79 Å². The third-order valence-corrected chi connectivity index (χ3v) is 3.43. The summed E-state index contributed by atoms with van der Waals surface area (Å²) in [6.45, 7) is 8.09. The van der Waals surface area contributed by atoms with Crippen LogP contribution in [0.3, 0.4) is 0 Å². The van der Waals surface area contributed by atoms with E-state index in [1.165, 1.54) is 0 Å². The number of carbonyl (C=O) groups excluding carboxylic acids is 1. The van der Waals surface area contributed by atoms with Crippen LogP contribution in [0.5, 0.6) is 0 Å². The molecule has 1 rings (SSSR count). The van der Waals surface area contributed by atoms with Crippen LogP contribution in [0.25, 0.3) is 0 Å². The number of anilines is 1. The summed E-state index contributed by atoms with van der Waals surface area (Å²) >= 11 is 3.36. The smallest absolute Gasteiger partial charge is 0.224 e. The summed E-state index contributed by atoms with van der Waals surface area (Å²) in [7, 11) is 0. The van der Waals surface area contributed by atoms with E-state index in [0.29, 0.717) is 12.5 Å². The molecule has 0 aliphatic rings. The number of rotatable bonds is 6. The number of halogens is 1. The van der Waals surface area contributed by atoms with E-state index in [0.717, 1.165) is 35.2 Å². The topological polar surface area (TPSA) is 46.9 Å². The van der Waals surface area contributed by atoms with Gasteiger partial charge in [-0.15, -0.1) is 0 Å². The second kappa shape index (κ2) is 6.92. The molecule has 0 unspecified atom stereocenters. The highest BCUT2D eigenvalue weighted by molar-refractivity contribution is 9.09. The zero-order valence-electron chi connectivity index (χ0n) is 11.6. The zero-order chi connectivity index (χ0) is 13.7. The van der Waals surface area contributed by atoms with Crippen LogP contribution in [-0.4, -0.2) is 21.0 Å². The Morgan fingerprint density at radius 2 is 2.06 bits per heavy atom. The summed E-state index contributed by atoms with van der Waals surface area (Å²) in [5, 5.41) is 8.38. The van der Waals surface area contributed by atoms with Crippen LogP contribution in [0.4, 0.5) is 5.69 Å². The van der Waals surface area contributed by atoms with E-state index in [2.05, 4.69) is 40.2 Å². The van der Waals surface area contributed by atoms with Gasteiger partial charge in [-0.25, -0.2) is 0 Å². The molecule has 0 bridgehead atoms. The minimum atomic E-state index is 0.0745. The molecule has 0 radical (unpaired) electrons. The van der Waals surface area contributed by atoms with Gasteiger partial charge < -0.3 is 5.32 Å². The van der Waals surface area contributed by atoms with E-state index in [1.54, 1.807) is 0 Å². The fourth-order valence-electron chi connectivity index (χ4n) is 1.93. The molecule has 0 atom stereocenters. The average Bonchev–Trinajstić information content (AvgIpc) is 2.57. The van der Waals surface area contributed by atoms with Crippen molar-refractivity contribution in [2.45, 2.75) is 53.0 Å². The van der Waals surface area contributed by atoms with E-state index < -0.39 is 0 Å². The lowest BCUT2D eigenvalue weighted by atomic mass is 10.2. The molecule has 1 amide bonds. The van der Waals surface area contributed by atoms with Gasteiger partial charge in [-0.3, -0.25) is 9.48 Å². The van der Waals surface area contributed by atoms with E-state index >= 15 is 0 Å². The highest BCUT2D eigenvalue weighted by atomic mass is 79.9. The maximum absolute atomic E-state index is 11.8. The Balaban J connectivity index is 2.70. The predicted molar refractivity (Wildman–Crippen MR) is 78.4 cm³/mol. The lowest BCUT2D eigenvalue weighted by Crippen LogP contribution is -2.13. The molecule has 1 N–H and O–H groups in total. The Bertz CT molecular complexity index is 413. The Morgan fingerprint density at radius 1 is 1.39 bits per heavy atom. The molecule has 1 heterocycles. The zero-order valence-corrected chi connectivity index (χ0v) is 13.2. The fraction of sp³-hybridized carbons (Fsp3) is 0.692. The number of aryl methyl sites for hydroxylation is 1. The van der Waals surface area contributed by atoms with Crippen molar-refractivity contribution in [1.29, 1.82) is 0 Å². The first kappa shape index (κ1) is 15.2. The second-order valence-corrected chi connectivity index (χ2v) is 5.57. The molecule has 0 fully saturated rings. The lowest BCUT2D eigenvalue weighted by molar-refractivity contribution is -0.116. The largest absolute Gasteiger partial charge is 0.323 e. The van der Waals surface area contributed by atoms with Gasteiger partial charge >= 0.3 is 0 Å². The number of aromatic nitrogens is 2. The minimum absolute atomic E-state index is 0.0745. The number of carbonyl (C=O) groups is 1. The summed E-state index contributed by atoms with van der Waals surface area (Å²) in [5.41, 5.74) is 2.78. The first-order valence-corrected chi connectivity index (χ1v) is 7.51. The lowest BCUT2D eigenvalue weighted by Gasteiger charge is -2.09. The van der Waals surface area contributed by atoms with Crippen LogP contribution in [0, 0.1) is 13.8 Å². The average molecular weight is 316 g/mol. The molecule has 5 heteroatoms. The van der Waals surface area contributed by atoms with Crippen molar-refractivity contribution in [1.82, 2.24) is 9.78 Å². The fourth-order valence-corrected chi connectivity index (χ4v) is 2.33. The number of alkyl halides is 1. The monoisotopic (exact) mass is 315 g/mol. The number of amides is 1. The van der Waals surface area contributed by atoms with Crippen molar-refractivity contribution in [3.05, 3.63) is 11.4 Å². The molecule has 1 aromatic heterocycles. The van der Waals surface area contributed by atoms with Gasteiger partial charge in [0.2, 0.25) is 5.91 Å². The summed E-state index contributed by atoms with van der Waals surface area (Å²) in [5.74, 6) is 0.0745. The Labute approximate surface area is 117 Å². The van der Waals surface area contributed by atoms with Crippen LogP contribution < -0.4 is 5.32 Å². The van der Waals surface area contributed by atoms with Gasteiger partial charge in [0.05, 0.1) is 17.1 Å². The Hall–Kier alpha value is -0.840. The molecule has 0 aromatic carbocycles. The Kier molecular flexibility index (Phi) is 5.85. The SMILES string of the molecule is Cc1nn(C(C)C)c(C)c1NC(=O)CCCCBr. The number of nitrogens with one attached hydrogen (secondary N) is 1. The maximum atomic E-state index is 11.8. The molecule has 4 nitrogen and oxygen atoms in total. The van der Waals surface area contributed by atoms with Gasteiger partial charge in [0.1, 0.15) is 0 Å². The van der Waals surface area contributed by atoms with Gasteiger partial charge in [0.25, 0.3) is 0 Å². The maximum Gasteiger partial charge on any atom is 0.224 e. The molecule has 0 saturated carbocycles. The van der Waals surface area contributed by atoms with E-state index in [1.807, 2.05) is 18.5 Å². The Morgan fingerprint density at radius 3 is 2.56 bits per heavy atom. The molecular formula is C13H22BrN3O. The van der Waals surface area contributed by atoms with Crippen molar-refractivity contribution in [3.63, 3.8) is 0 Å². The van der Waals surface area contributed by atoms with Gasteiger partial charge in [-0.2, -0.15) is 5.10 Å². The van der Waals surface area contributed by atoms with Crippen molar-refractivity contribution in [2.24, 2.45) is 0 Å². The van der Waals surface area contributed by atoms with Crippen LogP contribution >= 0.6 is 15.9 Å². The second-order valence-electron chi connectivity index (χ2n) is 4.78. The number of hydrogen-bond acceptors (Lipinski definition) is 2. The molecule has 0 spiro atoms. The van der Waals surface area contributed by atoms with Crippen LogP contribution in [0.2, 0.25) is 0 Å². The molecule has 102 valence electrons. The standard InChI is InChI=1S/C13H22BrN3O/c1-9(2)17-11(4)13(10(3)16-17)15-12(18)7-5-6-8-14/h9H,5-8H2,1-4H3,(H,15,18). The van der Waals surface area contributed by atoms with Gasteiger partial charge in [-0.05, 0) is 40.5 Å². The molecule has 18 heavy (non-hydrogen) atoms. The number of unbranched alkanes of at least 4 members (excludes halogenated alkanes) is 1. The normalized spacial score (nSPS) is 11.0. The third-order valence-electron chi connectivity index (χ3n) is 2.87. The first-order chi connectivity index (χ1) is 8.47. The van der Waals surface area contributed by atoms with Gasteiger partial charge in [-0.1, -0.05) is 15.9 Å². The van der Waals surface area contributed by atoms with Gasteiger partial charge in [0, 0.05) is 17.8 Å². The van der Waals surface area contributed by atoms with Crippen LogP contribution in [0.15, 0.2) is 0 Å². The summed E-state index contributed by atoms with van der Waals surface area (Å²) in [4.78, 5) is 11.8. The van der Waals surface area contributed by atoms with Crippen molar-refractivity contribution in [2.75, 3.05) is 10.6 Å². The summed E-state index contributed by atoms with van der Waals surface area (Å²) in [6, 6.07) is 0.308. The number of nitrogens with zero attached hydrogens (tertiary/aromatic N) is 2. The van der Waals surface area contributed by atoms with Crippen molar-refractivity contribution in [3.8, 4) is 0 Å². The molecular weight excluding hydrogens is 294 g/mol. The minimum Gasteiger partial charge on any atom is -0.323 e. The third kappa shape index (κ3) is 3.83. The van der Waals surface area contributed by atoms with Crippen LogP contribution in [0.1, 0.15) is 50.5 Å². The quantitative estimate of drug-likeness (QED) is 0.644. The van der Waals surface area contributed by atoms with E-state index in [-0.39, 0.29) is 5.91 Å². The summed E-state index contributed by atoms with van der Waals surface area (Å²) in [6.07, 6.45) is 2.50. The molecule has 1 aromatic rings. The molecule has 0 aliphatic carbocycles. The summed E-state index contributed by atoms with van der Waals surface area (Å²) < 4.78 is 1.95. The first-order valence-electron chi connectivity index (χ1n) is 6.39. The van der Waals surface area contributed by atoms with E-state index in [4.69, 9.17) is 0 Å².